The van der Waals surface area contributed by atoms with Crippen molar-refractivity contribution in [1.82, 2.24) is 15.1 Å². The van der Waals surface area contributed by atoms with Crippen LogP contribution in [0.25, 0.3) is 0 Å². The lowest BCUT2D eigenvalue weighted by atomic mass is 10.2. The van der Waals surface area contributed by atoms with Gasteiger partial charge < -0.3 is 10.1 Å². The molecule has 0 aromatic carbocycles. The van der Waals surface area contributed by atoms with Gasteiger partial charge in [0.25, 0.3) is 0 Å². The van der Waals surface area contributed by atoms with Crippen LogP contribution in [-0.4, -0.2) is 28.5 Å². The first-order valence-electron chi connectivity index (χ1n) is 6.52. The predicted molar refractivity (Wildman–Crippen MR) is 68.4 cm³/mol. The highest BCUT2D eigenvalue weighted by Crippen LogP contribution is 2.24. The quantitative estimate of drug-likeness (QED) is 0.822. The molecule has 1 aromatic rings. The number of hydrogen-bond acceptors (Lipinski definition) is 3. The van der Waals surface area contributed by atoms with Gasteiger partial charge in [0.15, 0.2) is 5.75 Å². The molecule has 17 heavy (non-hydrogen) atoms. The van der Waals surface area contributed by atoms with Crippen LogP contribution in [0.15, 0.2) is 0 Å². The molecule has 0 radical (unpaired) electrons. The third kappa shape index (κ3) is 3.00. The van der Waals surface area contributed by atoms with E-state index in [-0.39, 0.29) is 6.10 Å². The fourth-order valence-electron chi connectivity index (χ4n) is 1.95. The fourth-order valence-corrected chi connectivity index (χ4v) is 1.95. The molecule has 0 bridgehead atoms. The number of ether oxygens (including phenoxy) is 1. The maximum atomic E-state index is 6.08. The second-order valence-corrected chi connectivity index (χ2v) is 4.95. The minimum absolute atomic E-state index is 0.247. The molecule has 0 saturated heterocycles. The molecule has 1 aromatic heterocycles. The van der Waals surface area contributed by atoms with E-state index in [9.17, 15) is 0 Å². The molecule has 0 aliphatic heterocycles. The Hall–Kier alpha value is -1.03. The van der Waals surface area contributed by atoms with Gasteiger partial charge >= 0.3 is 0 Å². The lowest BCUT2D eigenvalue weighted by Crippen LogP contribution is -2.32. The van der Waals surface area contributed by atoms with Crippen LogP contribution < -0.4 is 10.1 Å². The molecule has 4 nitrogen and oxygen atoms in total. The van der Waals surface area contributed by atoms with Crippen molar-refractivity contribution in [3.63, 3.8) is 0 Å². The highest BCUT2D eigenvalue weighted by atomic mass is 16.5. The molecular weight excluding hydrogens is 214 g/mol. The summed E-state index contributed by atoms with van der Waals surface area (Å²) in [5.74, 6) is 0.956. The van der Waals surface area contributed by atoms with Crippen molar-refractivity contribution in [1.29, 1.82) is 0 Å². The van der Waals surface area contributed by atoms with Crippen LogP contribution in [-0.2, 0) is 7.05 Å². The zero-order chi connectivity index (χ0) is 12.4. The predicted octanol–water partition coefficient (Wildman–Crippen LogP) is 1.95. The molecular formula is C13H23N3O. The van der Waals surface area contributed by atoms with Crippen molar-refractivity contribution < 1.29 is 4.74 Å². The summed E-state index contributed by atoms with van der Waals surface area (Å²) < 4.78 is 7.96. The van der Waals surface area contributed by atoms with Gasteiger partial charge in [-0.2, -0.15) is 5.10 Å². The number of rotatable bonds is 6. The molecule has 1 fully saturated rings. The topological polar surface area (TPSA) is 39.1 Å². The fraction of sp³-hybridized carbons (Fsp3) is 0.769. The lowest BCUT2D eigenvalue weighted by molar-refractivity contribution is 0.190. The molecule has 1 atom stereocenters. The van der Waals surface area contributed by atoms with E-state index < -0.39 is 0 Å². The average molecular weight is 237 g/mol. The highest BCUT2D eigenvalue weighted by Gasteiger charge is 2.22. The smallest absolute Gasteiger partial charge is 0.163 e. The van der Waals surface area contributed by atoms with Crippen LogP contribution in [0.2, 0.25) is 0 Å². The van der Waals surface area contributed by atoms with E-state index >= 15 is 0 Å². The third-order valence-corrected chi connectivity index (χ3v) is 3.39. The molecule has 2 rings (SSSR count). The van der Waals surface area contributed by atoms with Crippen LogP contribution in [0.5, 0.6) is 5.75 Å². The molecule has 1 aliphatic carbocycles. The average Bonchev–Trinajstić information content (AvgIpc) is 3.08. The lowest BCUT2D eigenvalue weighted by Gasteiger charge is -2.18. The van der Waals surface area contributed by atoms with Crippen molar-refractivity contribution >= 4 is 0 Å². The Balaban J connectivity index is 1.95. The van der Waals surface area contributed by atoms with E-state index in [1.165, 1.54) is 12.8 Å². The second-order valence-electron chi connectivity index (χ2n) is 4.95. The van der Waals surface area contributed by atoms with Crippen LogP contribution in [0.4, 0.5) is 0 Å². The molecule has 1 saturated carbocycles. The zero-order valence-corrected chi connectivity index (χ0v) is 11.3. The Kier molecular flexibility index (Phi) is 3.72. The van der Waals surface area contributed by atoms with E-state index in [0.717, 1.165) is 36.1 Å². The molecule has 0 spiro atoms. The number of nitrogens with zero attached hydrogens (tertiary/aromatic N) is 2. The first kappa shape index (κ1) is 12.4. The van der Waals surface area contributed by atoms with Gasteiger partial charge in [0.05, 0.1) is 5.69 Å². The van der Waals surface area contributed by atoms with E-state index in [1.807, 2.05) is 18.7 Å². The van der Waals surface area contributed by atoms with Crippen molar-refractivity contribution in [3.05, 3.63) is 11.4 Å². The molecule has 0 amide bonds. The van der Waals surface area contributed by atoms with Gasteiger partial charge in [0.2, 0.25) is 0 Å². The SMILES string of the molecule is CCC(CNC1CC1)Oc1c(C)nn(C)c1C. The Morgan fingerprint density at radius 3 is 2.65 bits per heavy atom. The summed E-state index contributed by atoms with van der Waals surface area (Å²) in [4.78, 5) is 0. The normalized spacial score (nSPS) is 17.2. The minimum atomic E-state index is 0.247. The van der Waals surface area contributed by atoms with Crippen molar-refractivity contribution in [2.45, 2.75) is 52.2 Å². The molecule has 4 heteroatoms. The van der Waals surface area contributed by atoms with Crippen LogP contribution in [0.3, 0.4) is 0 Å². The maximum absolute atomic E-state index is 6.08. The Morgan fingerprint density at radius 2 is 2.18 bits per heavy atom. The van der Waals surface area contributed by atoms with E-state index in [4.69, 9.17) is 4.74 Å². The van der Waals surface area contributed by atoms with Crippen LogP contribution in [0, 0.1) is 13.8 Å². The summed E-state index contributed by atoms with van der Waals surface area (Å²) in [7, 11) is 1.96. The summed E-state index contributed by atoms with van der Waals surface area (Å²) in [6.45, 7) is 7.16. The van der Waals surface area contributed by atoms with Gasteiger partial charge in [-0.1, -0.05) is 6.92 Å². The Bertz CT molecular complexity index is 382. The number of hydrogen-bond donors (Lipinski definition) is 1. The van der Waals surface area contributed by atoms with Gasteiger partial charge in [0.1, 0.15) is 11.8 Å². The second kappa shape index (κ2) is 5.08. The maximum Gasteiger partial charge on any atom is 0.163 e. The minimum Gasteiger partial charge on any atom is -0.485 e. The van der Waals surface area contributed by atoms with Gasteiger partial charge in [-0.25, -0.2) is 0 Å². The van der Waals surface area contributed by atoms with Crippen molar-refractivity contribution in [2.24, 2.45) is 7.05 Å². The van der Waals surface area contributed by atoms with E-state index in [2.05, 4.69) is 24.3 Å². The zero-order valence-electron chi connectivity index (χ0n) is 11.3. The van der Waals surface area contributed by atoms with Gasteiger partial charge in [-0.05, 0) is 33.1 Å². The molecule has 1 unspecified atom stereocenters. The third-order valence-electron chi connectivity index (χ3n) is 3.39. The number of nitrogens with one attached hydrogen (secondary N) is 1. The summed E-state index contributed by atoms with van der Waals surface area (Å²) in [5.41, 5.74) is 2.09. The monoisotopic (exact) mass is 237 g/mol. The molecule has 96 valence electrons. The van der Waals surface area contributed by atoms with Gasteiger partial charge in [-0.3, -0.25) is 4.68 Å². The standard InChI is InChI=1S/C13H23N3O/c1-5-12(8-14-11-6-7-11)17-13-9(2)15-16(4)10(13)3/h11-12,14H,5-8H2,1-4H3. The van der Waals surface area contributed by atoms with Crippen molar-refractivity contribution in [2.75, 3.05) is 6.54 Å². The highest BCUT2D eigenvalue weighted by molar-refractivity contribution is 5.32. The van der Waals surface area contributed by atoms with E-state index in [0.29, 0.717) is 0 Å². The molecule has 1 heterocycles. The molecule has 1 N–H and O–H groups in total. The summed E-state index contributed by atoms with van der Waals surface area (Å²) in [6, 6.07) is 0.740. The van der Waals surface area contributed by atoms with Crippen LogP contribution in [0.1, 0.15) is 37.6 Å². The summed E-state index contributed by atoms with van der Waals surface area (Å²) in [5, 5.41) is 7.90. The first-order valence-corrected chi connectivity index (χ1v) is 6.52. The summed E-state index contributed by atoms with van der Waals surface area (Å²) >= 11 is 0. The molecule has 1 aliphatic rings. The Morgan fingerprint density at radius 1 is 1.47 bits per heavy atom. The van der Waals surface area contributed by atoms with Gasteiger partial charge in [0, 0.05) is 19.6 Å². The van der Waals surface area contributed by atoms with E-state index in [1.54, 1.807) is 0 Å². The van der Waals surface area contributed by atoms with Crippen LogP contribution >= 0.6 is 0 Å². The Labute approximate surface area is 103 Å². The van der Waals surface area contributed by atoms with Gasteiger partial charge in [-0.15, -0.1) is 0 Å². The largest absolute Gasteiger partial charge is 0.485 e. The first-order chi connectivity index (χ1) is 8.11. The number of aryl methyl sites for hydroxylation is 2. The summed E-state index contributed by atoms with van der Waals surface area (Å²) in [6.07, 6.45) is 3.91. The number of aromatic nitrogens is 2. The van der Waals surface area contributed by atoms with Crippen molar-refractivity contribution in [3.8, 4) is 5.75 Å².